The van der Waals surface area contributed by atoms with Gasteiger partial charge >= 0.3 is 0 Å². The molecule has 1 aromatic rings. The first-order chi connectivity index (χ1) is 9.23. The van der Waals surface area contributed by atoms with Crippen molar-refractivity contribution in [2.75, 3.05) is 7.05 Å². The average molecular weight is 275 g/mol. The number of aromatic nitrogens is 2. The van der Waals surface area contributed by atoms with Crippen LogP contribution in [0.5, 0.6) is 0 Å². The Labute approximate surface area is 121 Å². The molecule has 1 heterocycles. The summed E-state index contributed by atoms with van der Waals surface area (Å²) in [7, 11) is 3.77. The highest BCUT2D eigenvalue weighted by molar-refractivity contribution is 5.83. The Bertz CT molecular complexity index is 538. The zero-order valence-electron chi connectivity index (χ0n) is 13.3. The predicted molar refractivity (Wildman–Crippen MR) is 79.9 cm³/mol. The van der Waals surface area contributed by atoms with E-state index in [1.165, 1.54) is 5.57 Å². The summed E-state index contributed by atoms with van der Waals surface area (Å²) in [6, 6.07) is 0. The predicted octanol–water partition coefficient (Wildman–Crippen LogP) is 2.62. The number of aryl methyl sites for hydroxylation is 1. The molecule has 1 aliphatic rings. The van der Waals surface area contributed by atoms with Gasteiger partial charge in [0.25, 0.3) is 0 Å². The van der Waals surface area contributed by atoms with Crippen molar-refractivity contribution in [2.24, 2.45) is 24.3 Å². The highest BCUT2D eigenvalue weighted by atomic mass is 16.2. The maximum atomic E-state index is 12.6. The number of hydrogen-bond donors (Lipinski definition) is 0. The minimum absolute atomic E-state index is 0.0809. The van der Waals surface area contributed by atoms with Gasteiger partial charge < -0.3 is 4.90 Å². The van der Waals surface area contributed by atoms with Crippen LogP contribution in [0, 0.1) is 17.3 Å². The molecule has 0 bridgehead atoms. The van der Waals surface area contributed by atoms with Gasteiger partial charge in [-0.25, -0.2) is 0 Å². The Morgan fingerprint density at radius 2 is 2.15 bits per heavy atom. The minimum atomic E-state index is 0.0809. The normalized spacial score (nSPS) is 23.3. The average Bonchev–Trinajstić information content (AvgIpc) is 2.68. The van der Waals surface area contributed by atoms with Crippen LogP contribution in [-0.4, -0.2) is 27.6 Å². The second-order valence-electron chi connectivity index (χ2n) is 6.79. The Balaban J connectivity index is 2.03. The van der Waals surface area contributed by atoms with Crippen LogP contribution in [-0.2, 0) is 18.4 Å². The molecule has 0 aromatic carbocycles. The van der Waals surface area contributed by atoms with Crippen LogP contribution in [0.15, 0.2) is 24.0 Å². The number of rotatable bonds is 4. The van der Waals surface area contributed by atoms with Gasteiger partial charge in [-0.05, 0) is 25.2 Å². The molecule has 0 unspecified atom stereocenters. The molecule has 20 heavy (non-hydrogen) atoms. The molecule has 0 saturated heterocycles. The lowest BCUT2D eigenvalue weighted by atomic mass is 10.1. The molecule has 1 amide bonds. The third-order valence-corrected chi connectivity index (χ3v) is 4.24. The van der Waals surface area contributed by atoms with Crippen molar-refractivity contribution in [3.05, 3.63) is 29.6 Å². The monoisotopic (exact) mass is 275 g/mol. The SMILES string of the molecule is CC(C)=C[C@H]1[C@@H](C(=O)N(C)Cc2cnn(C)c2)C1(C)C. The quantitative estimate of drug-likeness (QED) is 0.792. The van der Waals surface area contributed by atoms with Crippen molar-refractivity contribution in [3.8, 4) is 0 Å². The molecule has 4 heteroatoms. The largest absolute Gasteiger partial charge is 0.341 e. The third kappa shape index (κ3) is 2.79. The summed E-state index contributed by atoms with van der Waals surface area (Å²) in [6.45, 7) is 9.17. The van der Waals surface area contributed by atoms with Crippen molar-refractivity contribution in [3.63, 3.8) is 0 Å². The number of hydrogen-bond acceptors (Lipinski definition) is 2. The second kappa shape index (κ2) is 5.08. The molecule has 110 valence electrons. The minimum Gasteiger partial charge on any atom is -0.341 e. The fourth-order valence-electron chi connectivity index (χ4n) is 2.96. The van der Waals surface area contributed by atoms with E-state index in [4.69, 9.17) is 0 Å². The molecule has 0 radical (unpaired) electrons. The Kier molecular flexibility index (Phi) is 3.76. The van der Waals surface area contributed by atoms with Gasteiger partial charge in [-0.2, -0.15) is 5.10 Å². The molecule has 1 saturated carbocycles. The molecule has 1 aliphatic carbocycles. The first-order valence-corrected chi connectivity index (χ1v) is 7.11. The fraction of sp³-hybridized carbons (Fsp3) is 0.625. The van der Waals surface area contributed by atoms with Crippen molar-refractivity contribution in [1.82, 2.24) is 14.7 Å². The van der Waals surface area contributed by atoms with Crippen LogP contribution < -0.4 is 0 Å². The summed E-state index contributed by atoms with van der Waals surface area (Å²) in [6.07, 6.45) is 6.01. The molecule has 0 aliphatic heterocycles. The highest BCUT2D eigenvalue weighted by Gasteiger charge is 2.60. The van der Waals surface area contributed by atoms with Crippen molar-refractivity contribution in [1.29, 1.82) is 0 Å². The molecule has 0 N–H and O–H groups in total. The van der Waals surface area contributed by atoms with E-state index in [1.54, 1.807) is 4.68 Å². The maximum absolute atomic E-state index is 12.6. The number of carbonyl (C=O) groups excluding carboxylic acids is 1. The van der Waals surface area contributed by atoms with E-state index in [1.807, 2.05) is 31.4 Å². The van der Waals surface area contributed by atoms with Crippen LogP contribution in [0.2, 0.25) is 0 Å². The van der Waals surface area contributed by atoms with Crippen LogP contribution in [0.1, 0.15) is 33.3 Å². The molecule has 2 rings (SSSR count). The third-order valence-electron chi connectivity index (χ3n) is 4.24. The van der Waals surface area contributed by atoms with Gasteiger partial charge in [0.15, 0.2) is 0 Å². The summed E-state index contributed by atoms with van der Waals surface area (Å²) >= 11 is 0. The zero-order chi connectivity index (χ0) is 15.1. The molecule has 4 nitrogen and oxygen atoms in total. The molecule has 1 aromatic heterocycles. The highest BCUT2D eigenvalue weighted by Crippen LogP contribution is 2.60. The maximum Gasteiger partial charge on any atom is 0.226 e. The smallest absolute Gasteiger partial charge is 0.226 e. The van der Waals surface area contributed by atoms with Gasteiger partial charge in [-0.3, -0.25) is 9.48 Å². The van der Waals surface area contributed by atoms with E-state index in [-0.39, 0.29) is 17.2 Å². The number of carbonyl (C=O) groups is 1. The van der Waals surface area contributed by atoms with Gasteiger partial charge in [0.1, 0.15) is 0 Å². The summed E-state index contributed by atoms with van der Waals surface area (Å²) in [5.74, 6) is 0.719. The number of allylic oxidation sites excluding steroid dienone is 2. The summed E-state index contributed by atoms with van der Waals surface area (Å²) in [4.78, 5) is 14.4. The van der Waals surface area contributed by atoms with E-state index in [0.29, 0.717) is 12.5 Å². The van der Waals surface area contributed by atoms with Crippen LogP contribution >= 0.6 is 0 Å². The Hall–Kier alpha value is -1.58. The van der Waals surface area contributed by atoms with Gasteiger partial charge in [0.2, 0.25) is 5.91 Å². The molecule has 2 atom stereocenters. The van der Waals surface area contributed by atoms with E-state index < -0.39 is 0 Å². The number of amides is 1. The topological polar surface area (TPSA) is 38.1 Å². The van der Waals surface area contributed by atoms with Gasteiger partial charge in [0.05, 0.1) is 12.1 Å². The summed E-state index contributed by atoms with van der Waals surface area (Å²) < 4.78 is 1.76. The number of nitrogens with zero attached hydrogens (tertiary/aromatic N) is 3. The lowest BCUT2D eigenvalue weighted by Crippen LogP contribution is -2.29. The Morgan fingerprint density at radius 3 is 2.65 bits per heavy atom. The summed E-state index contributed by atoms with van der Waals surface area (Å²) in [5.41, 5.74) is 2.44. The second-order valence-corrected chi connectivity index (χ2v) is 6.79. The molecule has 1 fully saturated rings. The lowest BCUT2D eigenvalue weighted by Gasteiger charge is -2.17. The van der Waals surface area contributed by atoms with Crippen molar-refractivity contribution >= 4 is 5.91 Å². The van der Waals surface area contributed by atoms with E-state index >= 15 is 0 Å². The van der Waals surface area contributed by atoms with Crippen molar-refractivity contribution < 1.29 is 4.79 Å². The van der Waals surface area contributed by atoms with Crippen LogP contribution in [0.4, 0.5) is 0 Å². The Morgan fingerprint density at radius 1 is 1.50 bits per heavy atom. The summed E-state index contributed by atoms with van der Waals surface area (Å²) in [5, 5.41) is 4.14. The van der Waals surface area contributed by atoms with Crippen LogP contribution in [0.25, 0.3) is 0 Å². The van der Waals surface area contributed by atoms with E-state index in [9.17, 15) is 4.79 Å². The first-order valence-electron chi connectivity index (χ1n) is 7.11. The van der Waals surface area contributed by atoms with Gasteiger partial charge in [0, 0.05) is 32.4 Å². The van der Waals surface area contributed by atoms with E-state index in [2.05, 4.69) is 38.9 Å². The zero-order valence-corrected chi connectivity index (χ0v) is 13.3. The van der Waals surface area contributed by atoms with Gasteiger partial charge in [-0.1, -0.05) is 25.5 Å². The molecule has 0 spiro atoms. The van der Waals surface area contributed by atoms with Crippen molar-refractivity contribution in [2.45, 2.75) is 34.2 Å². The van der Waals surface area contributed by atoms with Crippen LogP contribution in [0.3, 0.4) is 0 Å². The molecular weight excluding hydrogens is 250 g/mol. The fourth-order valence-corrected chi connectivity index (χ4v) is 2.96. The van der Waals surface area contributed by atoms with Gasteiger partial charge in [-0.15, -0.1) is 0 Å². The first kappa shape index (κ1) is 14.8. The lowest BCUT2D eigenvalue weighted by molar-refractivity contribution is -0.132. The standard InChI is InChI=1S/C16H25N3O/c1-11(2)7-13-14(16(13,3)4)15(20)18(5)9-12-8-17-19(6)10-12/h7-8,10,13-14H,9H2,1-6H3/t13-,14-/m0/s1. The van der Waals surface area contributed by atoms with E-state index in [0.717, 1.165) is 5.56 Å². The molecular formula is C16H25N3O.